The fourth-order valence-electron chi connectivity index (χ4n) is 1.99. The molecule has 0 aliphatic carbocycles. The lowest BCUT2D eigenvalue weighted by molar-refractivity contribution is 0.328. The van der Waals surface area contributed by atoms with Crippen LogP contribution < -0.4 is 10.5 Å². The van der Waals surface area contributed by atoms with Gasteiger partial charge in [-0.05, 0) is 30.3 Å². The highest BCUT2D eigenvalue weighted by Crippen LogP contribution is 2.26. The Morgan fingerprint density at radius 3 is 2.91 bits per heavy atom. The lowest BCUT2D eigenvalue weighted by atomic mass is 10.1. The van der Waals surface area contributed by atoms with Crippen molar-refractivity contribution in [1.82, 2.24) is 15.1 Å². The van der Waals surface area contributed by atoms with Gasteiger partial charge in [0.15, 0.2) is 0 Å². The van der Waals surface area contributed by atoms with E-state index in [1.54, 1.807) is 30.5 Å². The summed E-state index contributed by atoms with van der Waals surface area (Å²) >= 11 is 0. The van der Waals surface area contributed by atoms with Gasteiger partial charge in [-0.25, -0.2) is 0 Å². The number of ether oxygens (including phenoxy) is 1. The zero-order valence-electron chi connectivity index (χ0n) is 12.1. The zero-order chi connectivity index (χ0) is 16.1. The molecular weight excluding hydrogens is 294 g/mol. The van der Waals surface area contributed by atoms with Crippen molar-refractivity contribution in [2.75, 3.05) is 13.2 Å². The third kappa shape index (κ3) is 3.33. The highest BCUT2D eigenvalue weighted by atomic mass is 16.5. The minimum atomic E-state index is 0.292. The number of benzene rings is 1. The Kier molecular flexibility index (Phi) is 4.27. The first-order valence-electron chi connectivity index (χ1n) is 6.93. The summed E-state index contributed by atoms with van der Waals surface area (Å²) in [6.07, 6.45) is 1.65. The van der Waals surface area contributed by atoms with Crippen LogP contribution in [0.3, 0.4) is 0 Å². The lowest BCUT2D eigenvalue weighted by Gasteiger charge is -2.06. The van der Waals surface area contributed by atoms with E-state index in [4.69, 9.17) is 20.3 Å². The molecule has 0 radical (unpaired) electrons. The van der Waals surface area contributed by atoms with Crippen LogP contribution in [0.2, 0.25) is 0 Å². The Hall–Kier alpha value is -3.24. The molecule has 2 aromatic heterocycles. The largest absolute Gasteiger partial charge is 0.492 e. The van der Waals surface area contributed by atoms with Gasteiger partial charge in [0, 0.05) is 18.3 Å². The van der Waals surface area contributed by atoms with Gasteiger partial charge in [0.2, 0.25) is 5.82 Å². The van der Waals surface area contributed by atoms with E-state index >= 15 is 0 Å². The molecule has 3 aromatic rings. The number of nitrogens with zero attached hydrogens (tertiary/aromatic N) is 4. The minimum Gasteiger partial charge on any atom is -0.492 e. The Morgan fingerprint density at radius 1 is 1.26 bits per heavy atom. The van der Waals surface area contributed by atoms with Crippen molar-refractivity contribution in [2.24, 2.45) is 5.73 Å². The molecular formula is C16H13N5O2. The quantitative estimate of drug-likeness (QED) is 0.767. The first-order chi connectivity index (χ1) is 11.3. The standard InChI is InChI=1S/C16H13N5O2/c17-4-6-22-13-8-11(10-18)7-12(9-13)16-20-15(21-23-16)14-3-1-2-5-19-14/h1-3,5,7-9H,4,6,17H2. The van der Waals surface area contributed by atoms with Crippen LogP contribution in [0.15, 0.2) is 47.1 Å². The number of rotatable bonds is 5. The highest BCUT2D eigenvalue weighted by Gasteiger charge is 2.13. The van der Waals surface area contributed by atoms with E-state index in [1.165, 1.54) is 0 Å². The van der Waals surface area contributed by atoms with Crippen molar-refractivity contribution in [2.45, 2.75) is 0 Å². The summed E-state index contributed by atoms with van der Waals surface area (Å²) in [4.78, 5) is 8.49. The summed E-state index contributed by atoms with van der Waals surface area (Å²) in [5.41, 5.74) is 7.08. The van der Waals surface area contributed by atoms with E-state index in [0.29, 0.717) is 47.4 Å². The molecule has 114 valence electrons. The van der Waals surface area contributed by atoms with Gasteiger partial charge in [-0.15, -0.1) is 0 Å². The van der Waals surface area contributed by atoms with E-state index < -0.39 is 0 Å². The van der Waals surface area contributed by atoms with Gasteiger partial charge >= 0.3 is 0 Å². The van der Waals surface area contributed by atoms with Crippen LogP contribution in [-0.4, -0.2) is 28.3 Å². The monoisotopic (exact) mass is 307 g/mol. The lowest BCUT2D eigenvalue weighted by Crippen LogP contribution is -2.10. The molecule has 1 aromatic carbocycles. The molecule has 2 N–H and O–H groups in total. The van der Waals surface area contributed by atoms with Gasteiger partial charge in [0.25, 0.3) is 5.89 Å². The van der Waals surface area contributed by atoms with E-state index in [9.17, 15) is 0 Å². The van der Waals surface area contributed by atoms with Crippen molar-refractivity contribution in [1.29, 1.82) is 5.26 Å². The molecule has 0 spiro atoms. The molecule has 0 atom stereocenters. The molecule has 0 saturated carbocycles. The molecule has 2 heterocycles. The fraction of sp³-hybridized carbons (Fsp3) is 0.125. The number of pyridine rings is 1. The molecule has 0 aliphatic rings. The molecule has 0 unspecified atom stereocenters. The molecule has 0 bridgehead atoms. The molecule has 7 nitrogen and oxygen atoms in total. The normalized spacial score (nSPS) is 10.3. The number of hydrogen-bond donors (Lipinski definition) is 1. The maximum absolute atomic E-state index is 9.14. The number of aromatic nitrogens is 3. The van der Waals surface area contributed by atoms with Crippen LogP contribution in [0.25, 0.3) is 23.0 Å². The predicted octanol–water partition coefficient (Wildman–Crippen LogP) is 2.01. The van der Waals surface area contributed by atoms with Crippen LogP contribution in [0, 0.1) is 11.3 Å². The maximum Gasteiger partial charge on any atom is 0.258 e. The van der Waals surface area contributed by atoms with E-state index in [0.717, 1.165) is 0 Å². The van der Waals surface area contributed by atoms with Gasteiger partial charge in [0.1, 0.15) is 18.1 Å². The maximum atomic E-state index is 9.14. The Labute approximate surface area is 132 Å². The third-order valence-electron chi connectivity index (χ3n) is 2.99. The summed E-state index contributed by atoms with van der Waals surface area (Å²) < 4.78 is 10.7. The number of nitriles is 1. The summed E-state index contributed by atoms with van der Waals surface area (Å²) in [7, 11) is 0. The van der Waals surface area contributed by atoms with Crippen LogP contribution in [0.4, 0.5) is 0 Å². The van der Waals surface area contributed by atoms with Crippen molar-refractivity contribution in [3.63, 3.8) is 0 Å². The number of nitrogens with two attached hydrogens (primary N) is 1. The van der Waals surface area contributed by atoms with E-state index in [-0.39, 0.29) is 0 Å². The van der Waals surface area contributed by atoms with Gasteiger partial charge in [-0.2, -0.15) is 10.2 Å². The van der Waals surface area contributed by atoms with Crippen molar-refractivity contribution < 1.29 is 9.26 Å². The van der Waals surface area contributed by atoms with Crippen molar-refractivity contribution in [3.8, 4) is 34.8 Å². The summed E-state index contributed by atoms with van der Waals surface area (Å²) in [6, 6.07) is 12.5. The second-order valence-corrected chi connectivity index (χ2v) is 4.63. The van der Waals surface area contributed by atoms with E-state index in [1.807, 2.05) is 12.1 Å². The van der Waals surface area contributed by atoms with Gasteiger partial charge in [-0.1, -0.05) is 11.2 Å². The van der Waals surface area contributed by atoms with Gasteiger partial charge in [0.05, 0.1) is 11.6 Å². The van der Waals surface area contributed by atoms with Crippen LogP contribution in [0.1, 0.15) is 5.56 Å². The molecule has 0 amide bonds. The topological polar surface area (TPSA) is 111 Å². The van der Waals surface area contributed by atoms with Gasteiger partial charge < -0.3 is 15.0 Å². The van der Waals surface area contributed by atoms with Crippen molar-refractivity contribution in [3.05, 3.63) is 48.2 Å². The molecule has 3 rings (SSSR count). The second kappa shape index (κ2) is 6.68. The first-order valence-corrected chi connectivity index (χ1v) is 6.93. The number of hydrogen-bond acceptors (Lipinski definition) is 7. The molecule has 0 saturated heterocycles. The summed E-state index contributed by atoms with van der Waals surface area (Å²) in [5.74, 6) is 1.20. The molecule has 0 fully saturated rings. The van der Waals surface area contributed by atoms with Crippen LogP contribution in [0.5, 0.6) is 5.75 Å². The zero-order valence-corrected chi connectivity index (χ0v) is 12.1. The average Bonchev–Trinajstić information content (AvgIpc) is 3.10. The second-order valence-electron chi connectivity index (χ2n) is 4.63. The smallest absolute Gasteiger partial charge is 0.258 e. The van der Waals surface area contributed by atoms with Crippen LogP contribution in [-0.2, 0) is 0 Å². The first kappa shape index (κ1) is 14.7. The van der Waals surface area contributed by atoms with Crippen LogP contribution >= 0.6 is 0 Å². The molecule has 23 heavy (non-hydrogen) atoms. The molecule has 7 heteroatoms. The summed E-state index contributed by atoms with van der Waals surface area (Å²) in [5, 5.41) is 13.1. The third-order valence-corrected chi connectivity index (χ3v) is 2.99. The Balaban J connectivity index is 1.95. The van der Waals surface area contributed by atoms with Gasteiger partial charge in [-0.3, -0.25) is 4.98 Å². The SMILES string of the molecule is N#Cc1cc(OCCN)cc(-c2nc(-c3ccccn3)no2)c1. The van der Waals surface area contributed by atoms with Crippen molar-refractivity contribution >= 4 is 0 Å². The molecule has 0 aliphatic heterocycles. The minimum absolute atomic E-state index is 0.292. The highest BCUT2D eigenvalue weighted by molar-refractivity contribution is 5.61. The predicted molar refractivity (Wildman–Crippen MR) is 82.2 cm³/mol. The van der Waals surface area contributed by atoms with E-state index in [2.05, 4.69) is 21.2 Å². The fourth-order valence-corrected chi connectivity index (χ4v) is 1.99. The Bertz CT molecular complexity index is 839. The average molecular weight is 307 g/mol. The summed E-state index contributed by atoms with van der Waals surface area (Å²) in [6.45, 7) is 0.744. The Morgan fingerprint density at radius 2 is 2.17 bits per heavy atom.